The van der Waals surface area contributed by atoms with E-state index in [9.17, 15) is 9.59 Å². The molecule has 164 valence electrons. The van der Waals surface area contributed by atoms with Gasteiger partial charge in [-0.05, 0) is 36.5 Å². The molecule has 1 aliphatic rings. The summed E-state index contributed by atoms with van der Waals surface area (Å²) in [5.41, 5.74) is 10.7. The third-order valence-electron chi connectivity index (χ3n) is 6.06. The molecule has 4 heterocycles. The molecule has 3 N–H and O–H groups in total. The van der Waals surface area contributed by atoms with Crippen molar-refractivity contribution < 1.29 is 9.59 Å². The number of benzene rings is 1. The maximum Gasteiger partial charge on any atom is 0.313 e. The molecule has 0 saturated carbocycles. The van der Waals surface area contributed by atoms with Gasteiger partial charge in [0.2, 0.25) is 0 Å². The molecule has 0 aliphatic carbocycles. The van der Waals surface area contributed by atoms with Gasteiger partial charge in [-0.2, -0.15) is 5.10 Å². The summed E-state index contributed by atoms with van der Waals surface area (Å²) in [5.74, 6) is -0.634. The van der Waals surface area contributed by atoms with Crippen LogP contribution in [0, 0.1) is 5.92 Å². The van der Waals surface area contributed by atoms with Crippen LogP contribution in [0.3, 0.4) is 0 Å². The molecule has 1 aliphatic heterocycles. The molecule has 5 rings (SSSR count). The first kappa shape index (κ1) is 20.4. The number of rotatable bonds is 2. The summed E-state index contributed by atoms with van der Waals surface area (Å²) in [6, 6.07) is 5.91. The third kappa shape index (κ3) is 3.46. The van der Waals surface area contributed by atoms with Crippen molar-refractivity contribution in [1.29, 1.82) is 0 Å². The Hall–Kier alpha value is -3.53. The average Bonchev–Trinajstić information content (AvgIpc) is 3.41. The van der Waals surface area contributed by atoms with Gasteiger partial charge in [0.05, 0.1) is 39.9 Å². The van der Waals surface area contributed by atoms with Crippen molar-refractivity contribution in [2.75, 3.05) is 17.6 Å². The van der Waals surface area contributed by atoms with Crippen molar-refractivity contribution in [3.63, 3.8) is 0 Å². The van der Waals surface area contributed by atoms with Crippen LogP contribution in [0.2, 0.25) is 0 Å². The van der Waals surface area contributed by atoms with Gasteiger partial charge in [-0.1, -0.05) is 13.0 Å². The smallest absolute Gasteiger partial charge is 0.313 e. The fourth-order valence-electron chi connectivity index (χ4n) is 4.41. The van der Waals surface area contributed by atoms with Crippen LogP contribution in [0.1, 0.15) is 31.4 Å². The van der Waals surface area contributed by atoms with E-state index in [1.807, 2.05) is 23.7 Å². The fraction of sp³-hybridized carbons (Fsp3) is 0.318. The topological polar surface area (TPSA) is 119 Å². The number of carbonyl (C=O) groups excluding carboxylic acids is 2. The van der Waals surface area contributed by atoms with Gasteiger partial charge in [-0.25, -0.2) is 9.97 Å². The van der Waals surface area contributed by atoms with Crippen molar-refractivity contribution in [2.45, 2.75) is 25.8 Å². The Balaban J connectivity index is 1.43. The van der Waals surface area contributed by atoms with Crippen LogP contribution >= 0.6 is 11.3 Å². The molecular weight excluding hydrogens is 426 g/mol. The van der Waals surface area contributed by atoms with Gasteiger partial charge >= 0.3 is 11.8 Å². The minimum absolute atomic E-state index is 0.168. The maximum atomic E-state index is 13.3. The molecule has 1 aromatic carbocycles. The van der Waals surface area contributed by atoms with Gasteiger partial charge in [0.1, 0.15) is 11.3 Å². The quantitative estimate of drug-likeness (QED) is 0.454. The van der Waals surface area contributed by atoms with Crippen LogP contribution in [0.5, 0.6) is 0 Å². The molecule has 0 radical (unpaired) electrons. The molecular formula is C22H23N7O2S. The summed E-state index contributed by atoms with van der Waals surface area (Å²) in [6.07, 6.45) is 4.84. The molecule has 2 atom stereocenters. The number of fused-ring (bicyclic) bond motifs is 2. The lowest BCUT2D eigenvalue weighted by molar-refractivity contribution is -0.146. The molecule has 3 aromatic heterocycles. The first-order chi connectivity index (χ1) is 15.4. The second-order valence-electron chi connectivity index (χ2n) is 8.28. The number of thiazole rings is 1. The van der Waals surface area contributed by atoms with E-state index < -0.39 is 11.8 Å². The number of pyridine rings is 1. The minimum atomic E-state index is -0.699. The lowest BCUT2D eigenvalue weighted by atomic mass is 9.89. The van der Waals surface area contributed by atoms with Crippen molar-refractivity contribution >= 4 is 55.8 Å². The Bertz CT molecular complexity index is 1340. The first-order valence-corrected chi connectivity index (χ1v) is 11.3. The number of amides is 2. The van der Waals surface area contributed by atoms with E-state index in [-0.39, 0.29) is 6.04 Å². The number of aromatic nitrogens is 4. The predicted molar refractivity (Wildman–Crippen MR) is 124 cm³/mol. The number of nitrogens with zero attached hydrogens (tertiary/aromatic N) is 5. The summed E-state index contributed by atoms with van der Waals surface area (Å²) in [7, 11) is 1.75. The molecule has 10 heteroatoms. The van der Waals surface area contributed by atoms with E-state index in [0.29, 0.717) is 34.9 Å². The number of nitrogen functional groups attached to an aromatic ring is 1. The highest BCUT2D eigenvalue weighted by Gasteiger charge is 2.34. The van der Waals surface area contributed by atoms with E-state index in [1.165, 1.54) is 6.20 Å². The number of likely N-dealkylation sites (tertiary alicyclic amines) is 1. The van der Waals surface area contributed by atoms with Gasteiger partial charge in [0.25, 0.3) is 0 Å². The number of piperidine rings is 1. The van der Waals surface area contributed by atoms with Gasteiger partial charge in [0.15, 0.2) is 0 Å². The van der Waals surface area contributed by atoms with E-state index >= 15 is 0 Å². The van der Waals surface area contributed by atoms with Crippen LogP contribution in [0.15, 0.2) is 36.1 Å². The Kier molecular flexibility index (Phi) is 5.01. The van der Waals surface area contributed by atoms with Crippen molar-refractivity contribution in [1.82, 2.24) is 24.6 Å². The molecule has 4 aromatic rings. The number of hydrogen-bond acceptors (Lipinski definition) is 7. The van der Waals surface area contributed by atoms with Crippen LogP contribution < -0.4 is 11.1 Å². The Morgan fingerprint density at radius 1 is 1.22 bits per heavy atom. The zero-order chi connectivity index (χ0) is 22.4. The summed E-state index contributed by atoms with van der Waals surface area (Å²) in [4.78, 5) is 36.5. The first-order valence-electron chi connectivity index (χ1n) is 10.4. The highest BCUT2D eigenvalue weighted by Crippen LogP contribution is 2.35. The lowest BCUT2D eigenvalue weighted by Crippen LogP contribution is -2.46. The highest BCUT2D eigenvalue weighted by molar-refractivity contribution is 7.16. The summed E-state index contributed by atoms with van der Waals surface area (Å²) in [5, 5.41) is 7.55. The number of anilines is 2. The van der Waals surface area contributed by atoms with E-state index in [2.05, 4.69) is 27.3 Å². The van der Waals surface area contributed by atoms with Gasteiger partial charge in [-0.15, -0.1) is 11.3 Å². The summed E-state index contributed by atoms with van der Waals surface area (Å²) in [6.45, 7) is 2.62. The number of aryl methyl sites for hydroxylation is 1. The summed E-state index contributed by atoms with van der Waals surface area (Å²) < 4.78 is 2.69. The average molecular weight is 450 g/mol. The molecule has 32 heavy (non-hydrogen) atoms. The second kappa shape index (κ2) is 7.86. The Morgan fingerprint density at radius 2 is 2.06 bits per heavy atom. The Labute approximate surface area is 188 Å². The zero-order valence-corrected chi connectivity index (χ0v) is 18.6. The van der Waals surface area contributed by atoms with Crippen molar-refractivity contribution in [2.24, 2.45) is 13.0 Å². The van der Waals surface area contributed by atoms with Crippen LogP contribution in [0.25, 0.3) is 21.1 Å². The molecule has 2 amide bonds. The molecule has 1 saturated heterocycles. The SMILES string of the molecule is C[C@H]1CC[C@H](c2ccc3scnc3c2)N(C(=O)C(=O)Nc2cnc(N)c3c2cnn3C)C1. The zero-order valence-electron chi connectivity index (χ0n) is 17.8. The van der Waals surface area contributed by atoms with Crippen LogP contribution in [0.4, 0.5) is 11.5 Å². The fourth-order valence-corrected chi connectivity index (χ4v) is 5.07. The number of nitrogens with one attached hydrogen (secondary N) is 1. The largest absolute Gasteiger partial charge is 0.382 e. The standard InChI is InChI=1S/C22H23N7O2S/c1-12-3-5-17(13-4-6-18-15(7-13)25-11-32-18)29(10-12)22(31)21(30)27-16-9-24-20(23)19-14(16)8-26-28(19)2/h4,6-9,11-12,17H,3,5,10H2,1-2H3,(H2,23,24)(H,27,30)/t12-,17+/m0/s1. The number of nitrogens with two attached hydrogens (primary N) is 1. The number of hydrogen-bond donors (Lipinski definition) is 2. The Morgan fingerprint density at radius 3 is 2.91 bits per heavy atom. The van der Waals surface area contributed by atoms with Crippen LogP contribution in [-0.4, -0.2) is 43.0 Å². The van der Waals surface area contributed by atoms with Gasteiger partial charge in [-0.3, -0.25) is 14.3 Å². The normalized spacial score (nSPS) is 18.9. The molecule has 9 nitrogen and oxygen atoms in total. The molecule has 0 bridgehead atoms. The van der Waals surface area contributed by atoms with Crippen LogP contribution in [-0.2, 0) is 16.6 Å². The van der Waals surface area contributed by atoms with Gasteiger partial charge in [0, 0.05) is 19.0 Å². The van der Waals surface area contributed by atoms with E-state index in [4.69, 9.17) is 5.73 Å². The molecule has 0 spiro atoms. The monoisotopic (exact) mass is 449 g/mol. The maximum absolute atomic E-state index is 13.3. The third-order valence-corrected chi connectivity index (χ3v) is 6.87. The predicted octanol–water partition coefficient (Wildman–Crippen LogP) is 3.10. The van der Waals surface area contributed by atoms with Crippen molar-refractivity contribution in [3.8, 4) is 0 Å². The van der Waals surface area contributed by atoms with Gasteiger partial charge < -0.3 is 16.0 Å². The lowest BCUT2D eigenvalue weighted by Gasteiger charge is -2.38. The highest BCUT2D eigenvalue weighted by atomic mass is 32.1. The number of carbonyl (C=O) groups is 2. The van der Waals surface area contributed by atoms with Crippen molar-refractivity contribution in [3.05, 3.63) is 41.7 Å². The minimum Gasteiger partial charge on any atom is -0.382 e. The molecule has 1 fully saturated rings. The van der Waals surface area contributed by atoms with E-state index in [0.717, 1.165) is 28.6 Å². The van der Waals surface area contributed by atoms with E-state index in [1.54, 1.807) is 34.2 Å². The summed E-state index contributed by atoms with van der Waals surface area (Å²) >= 11 is 1.58. The molecule has 0 unspecified atom stereocenters. The second-order valence-corrected chi connectivity index (χ2v) is 9.16.